The number of pyridine rings is 1. The number of hydrogen-bond donors (Lipinski definition) is 0. The van der Waals surface area contributed by atoms with Crippen molar-refractivity contribution < 1.29 is 0 Å². The van der Waals surface area contributed by atoms with Crippen LogP contribution in [0.3, 0.4) is 0 Å². The first-order valence-electron chi connectivity index (χ1n) is 5.01. The highest BCUT2D eigenvalue weighted by Crippen LogP contribution is 2.22. The Bertz CT molecular complexity index is 546. The minimum atomic E-state index is 0.701. The van der Waals surface area contributed by atoms with Gasteiger partial charge in [0.1, 0.15) is 0 Å². The van der Waals surface area contributed by atoms with Gasteiger partial charge in [0, 0.05) is 16.4 Å². The van der Waals surface area contributed by atoms with Crippen LogP contribution in [-0.2, 0) is 5.75 Å². The predicted molar refractivity (Wildman–Crippen MR) is 72.7 cm³/mol. The Kier molecular flexibility index (Phi) is 4.18. The molecule has 0 aliphatic heterocycles. The lowest BCUT2D eigenvalue weighted by Gasteiger charge is -2.01. The molecule has 4 heteroatoms. The Labute approximate surface area is 113 Å². The van der Waals surface area contributed by atoms with Crippen LogP contribution in [0.4, 0.5) is 0 Å². The minimum absolute atomic E-state index is 0.701. The maximum atomic E-state index is 8.80. The molecule has 0 amide bonds. The topological polar surface area (TPSA) is 36.7 Å². The number of thioether (sulfide) groups is 1. The monoisotopic (exact) mass is 304 g/mol. The van der Waals surface area contributed by atoms with Gasteiger partial charge in [-0.25, -0.2) is 4.98 Å². The second-order valence-electron chi connectivity index (χ2n) is 3.42. The van der Waals surface area contributed by atoms with E-state index in [2.05, 4.69) is 27.0 Å². The van der Waals surface area contributed by atoms with Crippen molar-refractivity contribution in [3.63, 3.8) is 0 Å². The Balaban J connectivity index is 2.02. The summed E-state index contributed by atoms with van der Waals surface area (Å²) in [6.45, 7) is 0. The fourth-order valence-electron chi connectivity index (χ4n) is 1.34. The molecule has 0 atom stereocenters. The van der Waals surface area contributed by atoms with Gasteiger partial charge in [-0.15, -0.1) is 11.8 Å². The predicted octanol–water partition coefficient (Wildman–Crippen LogP) is 4.01. The molecule has 0 saturated heterocycles. The zero-order valence-corrected chi connectivity index (χ0v) is 11.3. The standard InChI is InChI=1S/C13H9BrN2S/c14-12-4-5-13(16-8-12)17-9-11-3-1-2-10(6-11)7-15/h1-6,8H,9H2. The average molecular weight is 305 g/mol. The van der Waals surface area contributed by atoms with Crippen LogP contribution in [0.2, 0.25) is 0 Å². The molecule has 17 heavy (non-hydrogen) atoms. The maximum absolute atomic E-state index is 8.80. The summed E-state index contributed by atoms with van der Waals surface area (Å²) in [6.07, 6.45) is 1.79. The van der Waals surface area contributed by atoms with E-state index >= 15 is 0 Å². The lowest BCUT2D eigenvalue weighted by molar-refractivity contribution is 1.12. The maximum Gasteiger partial charge on any atom is 0.0991 e. The first kappa shape index (κ1) is 12.2. The molecular formula is C13H9BrN2S. The number of aromatic nitrogens is 1. The van der Waals surface area contributed by atoms with Crippen molar-refractivity contribution in [1.29, 1.82) is 5.26 Å². The first-order chi connectivity index (χ1) is 8.28. The number of nitrogens with zero attached hydrogens (tertiary/aromatic N) is 2. The van der Waals surface area contributed by atoms with Crippen molar-refractivity contribution in [2.45, 2.75) is 10.8 Å². The summed E-state index contributed by atoms with van der Waals surface area (Å²) in [6, 6.07) is 13.7. The van der Waals surface area contributed by atoms with Crippen molar-refractivity contribution >= 4 is 27.7 Å². The molecule has 1 aromatic carbocycles. The molecule has 2 nitrogen and oxygen atoms in total. The molecule has 2 aromatic rings. The molecule has 0 bridgehead atoms. The highest BCUT2D eigenvalue weighted by Gasteiger charge is 1.99. The third-order valence-corrected chi connectivity index (χ3v) is 3.63. The third kappa shape index (κ3) is 3.58. The molecule has 0 radical (unpaired) electrons. The molecule has 0 N–H and O–H groups in total. The van der Waals surface area contributed by atoms with Crippen LogP contribution < -0.4 is 0 Å². The van der Waals surface area contributed by atoms with Gasteiger partial charge >= 0.3 is 0 Å². The summed E-state index contributed by atoms with van der Waals surface area (Å²) in [4.78, 5) is 4.29. The van der Waals surface area contributed by atoms with Crippen LogP contribution in [0.15, 0.2) is 52.1 Å². The first-order valence-corrected chi connectivity index (χ1v) is 6.79. The normalized spacial score (nSPS) is 9.88. The molecule has 0 aliphatic rings. The van der Waals surface area contributed by atoms with Gasteiger partial charge in [0.15, 0.2) is 0 Å². The highest BCUT2D eigenvalue weighted by atomic mass is 79.9. The number of hydrogen-bond acceptors (Lipinski definition) is 3. The Morgan fingerprint density at radius 2 is 2.18 bits per heavy atom. The van der Waals surface area contributed by atoms with Gasteiger partial charge in [-0.05, 0) is 45.8 Å². The van der Waals surface area contributed by atoms with E-state index in [1.165, 1.54) is 0 Å². The van der Waals surface area contributed by atoms with Gasteiger partial charge in [-0.2, -0.15) is 5.26 Å². The summed E-state index contributed by atoms with van der Waals surface area (Å²) in [5.74, 6) is 0.824. The van der Waals surface area contributed by atoms with Crippen LogP contribution in [0.5, 0.6) is 0 Å². The molecule has 0 unspecified atom stereocenters. The zero-order chi connectivity index (χ0) is 12.1. The number of rotatable bonds is 3. The van der Waals surface area contributed by atoms with Crippen LogP contribution in [-0.4, -0.2) is 4.98 Å². The number of benzene rings is 1. The van der Waals surface area contributed by atoms with Crippen molar-refractivity contribution in [1.82, 2.24) is 4.98 Å². The van der Waals surface area contributed by atoms with Crippen LogP contribution in [0.1, 0.15) is 11.1 Å². The van der Waals surface area contributed by atoms with Gasteiger partial charge < -0.3 is 0 Å². The summed E-state index contributed by atoms with van der Waals surface area (Å²) in [5, 5.41) is 9.79. The fourth-order valence-corrected chi connectivity index (χ4v) is 2.36. The van der Waals surface area contributed by atoms with E-state index in [0.29, 0.717) is 5.56 Å². The Morgan fingerprint density at radius 3 is 2.88 bits per heavy atom. The van der Waals surface area contributed by atoms with Crippen LogP contribution in [0, 0.1) is 11.3 Å². The minimum Gasteiger partial charge on any atom is -0.249 e. The summed E-state index contributed by atoms with van der Waals surface area (Å²) < 4.78 is 0.980. The van der Waals surface area contributed by atoms with E-state index < -0.39 is 0 Å². The second kappa shape index (κ2) is 5.85. The van der Waals surface area contributed by atoms with E-state index in [1.54, 1.807) is 18.0 Å². The SMILES string of the molecule is N#Cc1cccc(CSc2ccc(Br)cn2)c1. The van der Waals surface area contributed by atoms with Crippen molar-refractivity contribution in [3.8, 4) is 6.07 Å². The molecule has 0 fully saturated rings. The van der Waals surface area contributed by atoms with Crippen molar-refractivity contribution in [2.24, 2.45) is 0 Å². The summed E-state index contributed by atoms with van der Waals surface area (Å²) >= 11 is 5.01. The highest BCUT2D eigenvalue weighted by molar-refractivity contribution is 9.10. The average Bonchev–Trinajstić information content (AvgIpc) is 2.38. The lowest BCUT2D eigenvalue weighted by Crippen LogP contribution is -1.84. The lowest BCUT2D eigenvalue weighted by atomic mass is 10.2. The fraction of sp³-hybridized carbons (Fsp3) is 0.0769. The van der Waals surface area contributed by atoms with Gasteiger partial charge in [-0.3, -0.25) is 0 Å². The van der Waals surface area contributed by atoms with E-state index in [-0.39, 0.29) is 0 Å². The van der Waals surface area contributed by atoms with E-state index in [4.69, 9.17) is 5.26 Å². The number of nitriles is 1. The molecule has 2 rings (SSSR count). The molecule has 1 heterocycles. The molecule has 0 aliphatic carbocycles. The smallest absolute Gasteiger partial charge is 0.0991 e. The van der Waals surface area contributed by atoms with E-state index in [0.717, 1.165) is 20.8 Å². The van der Waals surface area contributed by atoms with E-state index in [9.17, 15) is 0 Å². The Morgan fingerprint density at radius 1 is 1.29 bits per heavy atom. The molecule has 0 saturated carbocycles. The van der Waals surface area contributed by atoms with Crippen LogP contribution in [0.25, 0.3) is 0 Å². The summed E-state index contributed by atoms with van der Waals surface area (Å²) in [7, 11) is 0. The molecule has 0 spiro atoms. The second-order valence-corrected chi connectivity index (χ2v) is 5.33. The number of halogens is 1. The zero-order valence-electron chi connectivity index (χ0n) is 8.93. The van der Waals surface area contributed by atoms with Crippen molar-refractivity contribution in [2.75, 3.05) is 0 Å². The van der Waals surface area contributed by atoms with Crippen molar-refractivity contribution in [3.05, 3.63) is 58.2 Å². The van der Waals surface area contributed by atoms with Gasteiger partial charge in [-0.1, -0.05) is 12.1 Å². The van der Waals surface area contributed by atoms with Gasteiger partial charge in [0.25, 0.3) is 0 Å². The Hall–Kier alpha value is -1.31. The quantitative estimate of drug-likeness (QED) is 0.804. The molecular weight excluding hydrogens is 296 g/mol. The van der Waals surface area contributed by atoms with Gasteiger partial charge in [0.05, 0.1) is 16.7 Å². The largest absolute Gasteiger partial charge is 0.249 e. The molecule has 1 aromatic heterocycles. The van der Waals surface area contributed by atoms with Crippen LogP contribution >= 0.6 is 27.7 Å². The summed E-state index contributed by atoms with van der Waals surface area (Å²) in [5.41, 5.74) is 1.84. The van der Waals surface area contributed by atoms with Gasteiger partial charge in [0.2, 0.25) is 0 Å². The molecule has 84 valence electrons. The van der Waals surface area contributed by atoms with E-state index in [1.807, 2.05) is 36.4 Å². The third-order valence-electron chi connectivity index (χ3n) is 2.14.